The Kier molecular flexibility index (Phi) is 12.7. The zero-order valence-electron chi connectivity index (χ0n) is 12.4. The van der Waals surface area contributed by atoms with Crippen molar-refractivity contribution < 1.29 is 9.90 Å². The number of carbonyl (C=O) groups is 1. The molecule has 0 amide bonds. The molecular formula is C16H29NO2. The molecule has 1 atom stereocenters. The molecule has 0 saturated heterocycles. The SMILES string of the molecule is CCCCCCCCCCCCCC(C#N)C(=O)O. The topological polar surface area (TPSA) is 61.1 Å². The molecule has 0 aliphatic rings. The Morgan fingerprint density at radius 2 is 1.37 bits per heavy atom. The van der Waals surface area contributed by atoms with E-state index >= 15 is 0 Å². The lowest BCUT2D eigenvalue weighted by Crippen LogP contribution is -2.10. The summed E-state index contributed by atoms with van der Waals surface area (Å²) >= 11 is 0. The molecule has 1 unspecified atom stereocenters. The van der Waals surface area contributed by atoms with Gasteiger partial charge in [0.2, 0.25) is 0 Å². The summed E-state index contributed by atoms with van der Waals surface area (Å²) in [4.78, 5) is 10.6. The van der Waals surface area contributed by atoms with Crippen LogP contribution in [0.5, 0.6) is 0 Å². The van der Waals surface area contributed by atoms with Crippen LogP contribution in [-0.4, -0.2) is 11.1 Å². The van der Waals surface area contributed by atoms with Gasteiger partial charge in [-0.1, -0.05) is 77.6 Å². The van der Waals surface area contributed by atoms with E-state index in [-0.39, 0.29) is 0 Å². The normalized spacial score (nSPS) is 12.0. The summed E-state index contributed by atoms with van der Waals surface area (Å²) in [5.74, 6) is -1.78. The van der Waals surface area contributed by atoms with Crippen molar-refractivity contribution in [3.05, 3.63) is 0 Å². The molecule has 0 aromatic carbocycles. The van der Waals surface area contributed by atoms with Gasteiger partial charge in [-0.05, 0) is 6.42 Å². The fraction of sp³-hybridized carbons (Fsp3) is 0.875. The maximum absolute atomic E-state index is 10.6. The Balaban J connectivity index is 3.19. The fourth-order valence-corrected chi connectivity index (χ4v) is 2.26. The highest BCUT2D eigenvalue weighted by atomic mass is 16.4. The summed E-state index contributed by atoms with van der Waals surface area (Å²) in [7, 11) is 0. The van der Waals surface area contributed by atoms with Crippen LogP contribution in [0, 0.1) is 17.2 Å². The maximum atomic E-state index is 10.6. The van der Waals surface area contributed by atoms with E-state index in [9.17, 15) is 4.79 Å². The molecule has 0 aliphatic heterocycles. The Hall–Kier alpha value is -1.04. The molecule has 19 heavy (non-hydrogen) atoms. The molecule has 1 N–H and O–H groups in total. The highest BCUT2D eigenvalue weighted by molar-refractivity contribution is 5.72. The molecule has 3 heteroatoms. The third-order valence-corrected chi connectivity index (χ3v) is 3.55. The second-order valence-corrected chi connectivity index (χ2v) is 5.34. The summed E-state index contributed by atoms with van der Waals surface area (Å²) in [6, 6.07) is 1.84. The number of hydrogen-bond acceptors (Lipinski definition) is 2. The molecular weight excluding hydrogens is 238 g/mol. The third kappa shape index (κ3) is 11.8. The summed E-state index contributed by atoms with van der Waals surface area (Å²) < 4.78 is 0. The number of nitrogens with zero attached hydrogens (tertiary/aromatic N) is 1. The molecule has 0 saturated carbocycles. The molecule has 0 spiro atoms. The fourth-order valence-electron chi connectivity index (χ4n) is 2.26. The van der Waals surface area contributed by atoms with Gasteiger partial charge in [-0.15, -0.1) is 0 Å². The monoisotopic (exact) mass is 267 g/mol. The number of hydrogen-bond donors (Lipinski definition) is 1. The van der Waals surface area contributed by atoms with Gasteiger partial charge in [-0.3, -0.25) is 4.79 Å². The molecule has 0 heterocycles. The molecule has 0 rings (SSSR count). The molecule has 0 aromatic rings. The number of aliphatic carboxylic acids is 1. The Labute approximate surface area is 118 Å². The standard InChI is InChI=1S/C16H29NO2/c1-2-3-4-5-6-7-8-9-10-11-12-13-15(14-17)16(18)19/h15H,2-13H2,1H3,(H,18,19). The lowest BCUT2D eigenvalue weighted by atomic mass is 10.0. The number of nitriles is 1. The van der Waals surface area contributed by atoms with E-state index in [1.165, 1.54) is 57.8 Å². The van der Waals surface area contributed by atoms with Crippen molar-refractivity contribution in [2.45, 2.75) is 84.0 Å². The van der Waals surface area contributed by atoms with Gasteiger partial charge >= 0.3 is 5.97 Å². The molecule has 0 fully saturated rings. The van der Waals surface area contributed by atoms with Gasteiger partial charge in [-0.2, -0.15) is 5.26 Å². The van der Waals surface area contributed by atoms with Crippen molar-refractivity contribution in [2.24, 2.45) is 5.92 Å². The predicted octanol–water partition coefficient (Wildman–Crippen LogP) is 4.91. The first-order valence-corrected chi connectivity index (χ1v) is 7.84. The van der Waals surface area contributed by atoms with Crippen LogP contribution in [0.25, 0.3) is 0 Å². The van der Waals surface area contributed by atoms with Crippen LogP contribution in [0.15, 0.2) is 0 Å². The van der Waals surface area contributed by atoms with Gasteiger partial charge in [-0.25, -0.2) is 0 Å². The van der Waals surface area contributed by atoms with E-state index in [0.29, 0.717) is 6.42 Å². The van der Waals surface area contributed by atoms with Gasteiger partial charge in [0.25, 0.3) is 0 Å². The first-order valence-electron chi connectivity index (χ1n) is 7.84. The van der Waals surface area contributed by atoms with E-state index in [0.717, 1.165) is 12.8 Å². The van der Waals surface area contributed by atoms with Crippen molar-refractivity contribution in [3.8, 4) is 6.07 Å². The van der Waals surface area contributed by atoms with Crippen molar-refractivity contribution in [3.63, 3.8) is 0 Å². The van der Waals surface area contributed by atoms with Gasteiger partial charge in [0.05, 0.1) is 6.07 Å². The Morgan fingerprint density at radius 1 is 0.947 bits per heavy atom. The summed E-state index contributed by atoms with van der Waals surface area (Å²) in [5, 5.41) is 17.3. The molecule has 0 aromatic heterocycles. The van der Waals surface area contributed by atoms with Gasteiger partial charge in [0.1, 0.15) is 5.92 Å². The molecule has 0 aliphatic carbocycles. The minimum Gasteiger partial charge on any atom is -0.480 e. The second-order valence-electron chi connectivity index (χ2n) is 5.34. The maximum Gasteiger partial charge on any atom is 0.320 e. The molecule has 0 bridgehead atoms. The zero-order valence-corrected chi connectivity index (χ0v) is 12.4. The number of unbranched alkanes of at least 4 members (excludes halogenated alkanes) is 10. The Morgan fingerprint density at radius 3 is 1.74 bits per heavy atom. The van der Waals surface area contributed by atoms with Crippen LogP contribution in [0.3, 0.4) is 0 Å². The summed E-state index contributed by atoms with van der Waals surface area (Å²) in [6.45, 7) is 2.24. The average molecular weight is 267 g/mol. The van der Waals surface area contributed by atoms with Crippen LogP contribution in [0.2, 0.25) is 0 Å². The van der Waals surface area contributed by atoms with E-state index in [4.69, 9.17) is 10.4 Å². The highest BCUT2D eigenvalue weighted by Crippen LogP contribution is 2.14. The predicted molar refractivity (Wildman–Crippen MR) is 77.8 cm³/mol. The van der Waals surface area contributed by atoms with E-state index in [2.05, 4.69) is 6.92 Å². The van der Waals surface area contributed by atoms with E-state index in [1.54, 1.807) is 0 Å². The van der Waals surface area contributed by atoms with Gasteiger partial charge in [0.15, 0.2) is 0 Å². The summed E-state index contributed by atoms with van der Waals surface area (Å²) in [6.07, 6.45) is 14.2. The Bertz CT molecular complexity index is 258. The smallest absolute Gasteiger partial charge is 0.320 e. The van der Waals surface area contributed by atoms with Crippen LogP contribution < -0.4 is 0 Å². The first-order chi connectivity index (χ1) is 9.22. The minimum absolute atomic E-state index is 0.503. The van der Waals surface area contributed by atoms with E-state index < -0.39 is 11.9 Å². The number of carboxylic acids is 1. The van der Waals surface area contributed by atoms with Crippen molar-refractivity contribution in [1.29, 1.82) is 5.26 Å². The molecule has 0 radical (unpaired) electrons. The lowest BCUT2D eigenvalue weighted by molar-refractivity contribution is -0.140. The van der Waals surface area contributed by atoms with Crippen molar-refractivity contribution in [2.75, 3.05) is 0 Å². The van der Waals surface area contributed by atoms with Crippen molar-refractivity contribution in [1.82, 2.24) is 0 Å². The van der Waals surface area contributed by atoms with Crippen LogP contribution in [-0.2, 0) is 4.79 Å². The molecule has 110 valence electrons. The largest absolute Gasteiger partial charge is 0.480 e. The van der Waals surface area contributed by atoms with Gasteiger partial charge < -0.3 is 5.11 Å². The number of rotatable bonds is 13. The quantitative estimate of drug-likeness (QED) is 0.482. The van der Waals surface area contributed by atoms with Crippen LogP contribution in [0.4, 0.5) is 0 Å². The van der Waals surface area contributed by atoms with Gasteiger partial charge in [0, 0.05) is 0 Å². The highest BCUT2D eigenvalue weighted by Gasteiger charge is 2.14. The summed E-state index contributed by atoms with van der Waals surface area (Å²) in [5.41, 5.74) is 0. The molecule has 3 nitrogen and oxygen atoms in total. The van der Waals surface area contributed by atoms with E-state index in [1.807, 2.05) is 6.07 Å². The average Bonchev–Trinajstić information content (AvgIpc) is 2.40. The van der Waals surface area contributed by atoms with Crippen molar-refractivity contribution >= 4 is 5.97 Å². The third-order valence-electron chi connectivity index (χ3n) is 3.55. The van der Waals surface area contributed by atoms with Crippen LogP contribution >= 0.6 is 0 Å². The first kappa shape index (κ1) is 18.0. The zero-order chi connectivity index (χ0) is 14.3. The lowest BCUT2D eigenvalue weighted by Gasteiger charge is -2.04. The minimum atomic E-state index is -0.977. The van der Waals surface area contributed by atoms with Crippen LogP contribution in [0.1, 0.15) is 84.0 Å². The number of carboxylic acid groups (broad SMARTS) is 1. The second kappa shape index (κ2) is 13.4.